The third kappa shape index (κ3) is 12.3. The molecule has 14 nitrogen and oxygen atoms in total. The molecule has 4 unspecified atom stereocenters. The maximum Gasteiger partial charge on any atom is 0.326 e. The number of benzene rings is 1. The summed E-state index contributed by atoms with van der Waals surface area (Å²) < 4.78 is 0. The average molecular weight is 590 g/mol. The predicted molar refractivity (Wildman–Crippen MR) is 157 cm³/mol. The molecule has 0 aliphatic carbocycles. The van der Waals surface area contributed by atoms with Gasteiger partial charge >= 0.3 is 5.97 Å². The van der Waals surface area contributed by atoms with Gasteiger partial charge in [-0.25, -0.2) is 9.78 Å². The van der Waals surface area contributed by atoms with Gasteiger partial charge in [-0.1, -0.05) is 30.3 Å². The number of carboxylic acid groups (broad SMARTS) is 1. The highest BCUT2D eigenvalue weighted by molar-refractivity contribution is 7.98. The summed E-state index contributed by atoms with van der Waals surface area (Å²) in [7, 11) is 0. The Bertz CT molecular complexity index is 1140. The normalized spacial score (nSPS) is 13.7. The molecule has 4 atom stereocenters. The lowest BCUT2D eigenvalue weighted by molar-refractivity contribution is -0.142. The summed E-state index contributed by atoms with van der Waals surface area (Å²) >= 11 is 1.55. The van der Waals surface area contributed by atoms with Gasteiger partial charge in [0.2, 0.25) is 17.7 Å². The molecule has 1 heterocycles. The first-order valence-corrected chi connectivity index (χ1v) is 14.4. The number of rotatable bonds is 18. The number of aromatic nitrogens is 2. The molecule has 41 heavy (non-hydrogen) atoms. The molecule has 0 aliphatic rings. The highest BCUT2D eigenvalue weighted by Gasteiger charge is 2.31. The maximum atomic E-state index is 13.5. The number of hydrogen-bond donors (Lipinski definition) is 8. The van der Waals surface area contributed by atoms with Gasteiger partial charge in [-0.05, 0) is 36.8 Å². The van der Waals surface area contributed by atoms with Gasteiger partial charge in [0.05, 0.1) is 12.4 Å². The van der Waals surface area contributed by atoms with Gasteiger partial charge in [-0.15, -0.1) is 0 Å². The third-order valence-electron chi connectivity index (χ3n) is 6.06. The van der Waals surface area contributed by atoms with Crippen molar-refractivity contribution in [2.24, 2.45) is 22.2 Å². The number of nitrogens with two attached hydrogens (primary N) is 3. The Morgan fingerprint density at radius 3 is 2.20 bits per heavy atom. The Morgan fingerprint density at radius 2 is 1.61 bits per heavy atom. The average Bonchev–Trinajstić information content (AvgIpc) is 3.45. The fraction of sp³-hybridized carbons (Fsp3) is 0.462. The van der Waals surface area contributed by atoms with Crippen molar-refractivity contribution in [2.45, 2.75) is 56.3 Å². The van der Waals surface area contributed by atoms with Crippen LogP contribution in [0.5, 0.6) is 0 Å². The number of H-pyrrole nitrogens is 1. The van der Waals surface area contributed by atoms with Crippen LogP contribution in [0.1, 0.15) is 30.5 Å². The van der Waals surface area contributed by atoms with Gasteiger partial charge in [0.25, 0.3) is 0 Å². The zero-order valence-electron chi connectivity index (χ0n) is 22.9. The van der Waals surface area contributed by atoms with Crippen LogP contribution in [0.15, 0.2) is 47.8 Å². The Hall–Kier alpha value is -4.11. The first kappa shape index (κ1) is 33.1. The summed E-state index contributed by atoms with van der Waals surface area (Å²) in [6, 6.07) is 4.80. The molecule has 3 amide bonds. The molecule has 0 spiro atoms. The van der Waals surface area contributed by atoms with Crippen molar-refractivity contribution in [1.82, 2.24) is 25.9 Å². The molecule has 15 heteroatoms. The second-order valence-electron chi connectivity index (χ2n) is 9.33. The minimum Gasteiger partial charge on any atom is -0.480 e. The van der Waals surface area contributed by atoms with Gasteiger partial charge in [-0.2, -0.15) is 11.8 Å². The highest BCUT2D eigenvalue weighted by atomic mass is 32.2. The van der Waals surface area contributed by atoms with E-state index in [-0.39, 0.29) is 31.8 Å². The van der Waals surface area contributed by atoms with Gasteiger partial charge < -0.3 is 43.2 Å². The number of carboxylic acids is 1. The molecule has 11 N–H and O–H groups in total. The summed E-state index contributed by atoms with van der Waals surface area (Å²) in [5.74, 6) is -2.53. The molecule has 1 aromatic heterocycles. The van der Waals surface area contributed by atoms with Crippen molar-refractivity contribution in [1.29, 1.82) is 0 Å². The zero-order chi connectivity index (χ0) is 30.2. The van der Waals surface area contributed by atoms with E-state index < -0.39 is 47.9 Å². The summed E-state index contributed by atoms with van der Waals surface area (Å²) in [4.78, 5) is 62.1. The topological polar surface area (TPSA) is 244 Å². The van der Waals surface area contributed by atoms with E-state index in [1.165, 1.54) is 12.5 Å². The van der Waals surface area contributed by atoms with Crippen molar-refractivity contribution in [3.63, 3.8) is 0 Å². The van der Waals surface area contributed by atoms with Crippen LogP contribution in [-0.4, -0.2) is 87.4 Å². The van der Waals surface area contributed by atoms with E-state index >= 15 is 0 Å². The fourth-order valence-corrected chi connectivity index (χ4v) is 4.33. The molecule has 2 rings (SSSR count). The van der Waals surface area contributed by atoms with Crippen molar-refractivity contribution in [3.05, 3.63) is 54.1 Å². The number of guanidine groups is 1. The second-order valence-corrected chi connectivity index (χ2v) is 10.3. The van der Waals surface area contributed by atoms with Gasteiger partial charge in [-0.3, -0.25) is 19.4 Å². The summed E-state index contributed by atoms with van der Waals surface area (Å²) in [5.41, 5.74) is 17.9. The number of imidazole rings is 1. The van der Waals surface area contributed by atoms with Crippen molar-refractivity contribution in [3.8, 4) is 0 Å². The summed E-state index contributed by atoms with van der Waals surface area (Å²) in [5, 5.41) is 17.5. The minimum absolute atomic E-state index is 0.00282. The molecule has 0 fully saturated rings. The Labute approximate surface area is 242 Å². The number of aliphatic carboxylic acids is 1. The lowest BCUT2D eigenvalue weighted by Gasteiger charge is -2.25. The molecule has 224 valence electrons. The van der Waals surface area contributed by atoms with Crippen LogP contribution in [0.25, 0.3) is 0 Å². The van der Waals surface area contributed by atoms with Gasteiger partial charge in [0, 0.05) is 31.3 Å². The van der Waals surface area contributed by atoms with E-state index in [0.717, 1.165) is 5.56 Å². The smallest absolute Gasteiger partial charge is 0.326 e. The molecule has 0 saturated carbocycles. The number of thioether (sulfide) groups is 1. The Morgan fingerprint density at radius 1 is 0.976 bits per heavy atom. The van der Waals surface area contributed by atoms with E-state index in [0.29, 0.717) is 24.3 Å². The number of aliphatic imine (C=N–C) groups is 1. The van der Waals surface area contributed by atoms with Crippen LogP contribution < -0.4 is 33.2 Å². The van der Waals surface area contributed by atoms with Crippen LogP contribution in [0, 0.1) is 0 Å². The van der Waals surface area contributed by atoms with Crippen LogP contribution >= 0.6 is 11.8 Å². The number of aromatic amines is 1. The van der Waals surface area contributed by atoms with E-state index in [1.807, 2.05) is 36.6 Å². The van der Waals surface area contributed by atoms with Gasteiger partial charge in [0.15, 0.2) is 5.96 Å². The van der Waals surface area contributed by atoms with Crippen molar-refractivity contribution >= 4 is 41.4 Å². The quantitative estimate of drug-likeness (QED) is 0.0590. The number of carbonyl (C=O) groups is 4. The lowest BCUT2D eigenvalue weighted by Crippen LogP contribution is -2.58. The molecule has 0 radical (unpaired) electrons. The molecule has 0 bridgehead atoms. The number of nitrogens with one attached hydrogen (secondary N) is 4. The fourth-order valence-electron chi connectivity index (χ4n) is 3.84. The predicted octanol–water partition coefficient (Wildman–Crippen LogP) is -1.13. The van der Waals surface area contributed by atoms with Crippen LogP contribution in [0.2, 0.25) is 0 Å². The Kier molecular flexibility index (Phi) is 14.2. The van der Waals surface area contributed by atoms with E-state index in [4.69, 9.17) is 17.2 Å². The van der Waals surface area contributed by atoms with Crippen LogP contribution in [0.4, 0.5) is 0 Å². The first-order valence-electron chi connectivity index (χ1n) is 13.1. The molecular weight excluding hydrogens is 550 g/mol. The minimum atomic E-state index is -1.25. The molecule has 1 aromatic carbocycles. The number of carbonyl (C=O) groups excluding carboxylic acids is 3. The lowest BCUT2D eigenvalue weighted by atomic mass is 10.0. The Balaban J connectivity index is 2.22. The largest absolute Gasteiger partial charge is 0.480 e. The number of nitrogens with zero attached hydrogens (tertiary/aromatic N) is 2. The van der Waals surface area contributed by atoms with Crippen LogP contribution in [-0.2, 0) is 32.0 Å². The first-order chi connectivity index (χ1) is 19.6. The summed E-state index contributed by atoms with van der Waals surface area (Å²) in [6.45, 7) is 0.191. The maximum absolute atomic E-state index is 13.5. The molecule has 0 saturated heterocycles. The molecule has 2 aromatic rings. The standard InChI is InChI=1S/C26H39N9O5S/c1-41-11-9-18(27)22(36)34-20(12-16-6-3-2-4-7-16)23(37)35-21(13-17-14-30-15-32-17)24(38)33-19(25(39)40)8-5-10-31-26(28)29/h2-4,6-7,14-15,18-21H,5,8-13,27H2,1H3,(H,30,32)(H,33,38)(H,34,36)(H,35,37)(H,39,40)(H4,28,29,31). The SMILES string of the molecule is CSCCC(N)C(=O)NC(Cc1ccccc1)C(=O)NC(Cc1cnc[nH]1)C(=O)NC(CCCN=C(N)N)C(=O)O. The highest BCUT2D eigenvalue weighted by Crippen LogP contribution is 2.08. The number of hydrogen-bond acceptors (Lipinski definition) is 8. The second kappa shape index (κ2) is 17.6. The van der Waals surface area contributed by atoms with Crippen molar-refractivity contribution < 1.29 is 24.3 Å². The van der Waals surface area contributed by atoms with E-state index in [9.17, 15) is 24.3 Å². The van der Waals surface area contributed by atoms with E-state index in [2.05, 4.69) is 30.9 Å². The van der Waals surface area contributed by atoms with Gasteiger partial charge in [0.1, 0.15) is 18.1 Å². The third-order valence-corrected chi connectivity index (χ3v) is 6.70. The van der Waals surface area contributed by atoms with Crippen LogP contribution in [0.3, 0.4) is 0 Å². The van der Waals surface area contributed by atoms with E-state index in [1.54, 1.807) is 11.8 Å². The monoisotopic (exact) mass is 589 g/mol. The zero-order valence-corrected chi connectivity index (χ0v) is 23.7. The molecule has 0 aliphatic heterocycles. The number of amides is 3. The molecular formula is C26H39N9O5S. The van der Waals surface area contributed by atoms with Crippen molar-refractivity contribution in [2.75, 3.05) is 18.6 Å². The summed E-state index contributed by atoms with van der Waals surface area (Å²) in [6.07, 6.45) is 5.75.